The summed E-state index contributed by atoms with van der Waals surface area (Å²) in [5, 5.41) is 3.98. The Balaban J connectivity index is 1.78. The van der Waals surface area contributed by atoms with Gasteiger partial charge in [0.2, 0.25) is 0 Å². The number of nitrogens with one attached hydrogen (secondary N) is 1. The summed E-state index contributed by atoms with van der Waals surface area (Å²) in [6.07, 6.45) is 8.36. The molecule has 1 aliphatic carbocycles. The van der Waals surface area contributed by atoms with E-state index in [0.29, 0.717) is 0 Å². The smallest absolute Gasteiger partial charge is 0.00823 e. The van der Waals surface area contributed by atoms with E-state index in [0.717, 1.165) is 23.9 Å². The van der Waals surface area contributed by atoms with Crippen molar-refractivity contribution in [2.45, 2.75) is 71.4 Å². The van der Waals surface area contributed by atoms with Crippen LogP contribution in [-0.2, 0) is 0 Å². The molecule has 2 nitrogen and oxygen atoms in total. The topological polar surface area (TPSA) is 15.3 Å². The molecule has 2 heteroatoms. The highest BCUT2D eigenvalue weighted by atomic mass is 15.1. The number of hydrogen-bond donors (Lipinski definition) is 1. The Hall–Kier alpha value is -0.0800. The molecule has 1 N–H and O–H groups in total. The molecule has 2 rings (SSSR count). The van der Waals surface area contributed by atoms with Gasteiger partial charge in [0.05, 0.1) is 0 Å². The van der Waals surface area contributed by atoms with E-state index in [2.05, 4.69) is 31.0 Å². The van der Waals surface area contributed by atoms with E-state index in [1.54, 1.807) is 0 Å². The summed E-state index contributed by atoms with van der Waals surface area (Å²) in [6.45, 7) is 11.0. The van der Waals surface area contributed by atoms with Crippen molar-refractivity contribution < 1.29 is 0 Å². The van der Waals surface area contributed by atoms with Crippen molar-refractivity contribution in [2.24, 2.45) is 11.8 Å². The zero-order chi connectivity index (χ0) is 13.0. The molecule has 2 aliphatic rings. The average Bonchev–Trinajstić information content (AvgIpc) is 2.53. The van der Waals surface area contributed by atoms with E-state index in [1.165, 1.54) is 58.2 Å². The summed E-state index contributed by atoms with van der Waals surface area (Å²) in [5.41, 5.74) is 0. The molecule has 0 radical (unpaired) electrons. The lowest BCUT2D eigenvalue weighted by atomic mass is 9.80. The van der Waals surface area contributed by atoms with E-state index >= 15 is 0 Å². The third-order valence-corrected chi connectivity index (χ3v) is 4.92. The lowest BCUT2D eigenvalue weighted by Crippen LogP contribution is -2.42. The fraction of sp³-hybridized carbons (Fsp3) is 1.00. The van der Waals surface area contributed by atoms with Gasteiger partial charge in [-0.15, -0.1) is 0 Å². The average molecular weight is 252 g/mol. The maximum atomic E-state index is 3.98. The summed E-state index contributed by atoms with van der Waals surface area (Å²) in [5.74, 6) is 1.84. The van der Waals surface area contributed by atoms with Crippen LogP contribution >= 0.6 is 0 Å². The molecule has 1 heterocycles. The fourth-order valence-corrected chi connectivity index (χ4v) is 4.06. The van der Waals surface area contributed by atoms with Crippen LogP contribution in [0.2, 0.25) is 0 Å². The minimum Gasteiger partial charge on any atom is -0.311 e. The first-order valence-electron chi connectivity index (χ1n) is 8.15. The lowest BCUT2D eigenvalue weighted by Gasteiger charge is -2.34. The Kier molecular flexibility index (Phi) is 5.50. The molecule has 3 atom stereocenters. The van der Waals surface area contributed by atoms with Gasteiger partial charge in [0, 0.05) is 12.1 Å². The van der Waals surface area contributed by atoms with E-state index < -0.39 is 0 Å². The molecule has 0 aromatic carbocycles. The number of likely N-dealkylation sites (tertiary alicyclic amines) is 1. The molecule has 1 aliphatic heterocycles. The van der Waals surface area contributed by atoms with Crippen molar-refractivity contribution in [3.63, 3.8) is 0 Å². The highest BCUT2D eigenvalue weighted by Gasteiger charge is 2.26. The Bertz CT molecular complexity index is 231. The Morgan fingerprint density at radius 1 is 0.944 bits per heavy atom. The van der Waals surface area contributed by atoms with Gasteiger partial charge in [0.15, 0.2) is 0 Å². The van der Waals surface area contributed by atoms with Gasteiger partial charge in [0.25, 0.3) is 0 Å². The van der Waals surface area contributed by atoms with Gasteiger partial charge in [-0.3, -0.25) is 0 Å². The van der Waals surface area contributed by atoms with Gasteiger partial charge in [-0.2, -0.15) is 0 Å². The van der Waals surface area contributed by atoms with Crippen molar-refractivity contribution in [1.29, 1.82) is 0 Å². The normalized spacial score (nSPS) is 39.5. The third kappa shape index (κ3) is 4.24. The van der Waals surface area contributed by atoms with E-state index in [1.807, 2.05) is 0 Å². The van der Waals surface area contributed by atoms with Crippen LogP contribution in [0.5, 0.6) is 0 Å². The van der Waals surface area contributed by atoms with Gasteiger partial charge in [0.1, 0.15) is 0 Å². The van der Waals surface area contributed by atoms with Gasteiger partial charge in [-0.05, 0) is 70.0 Å². The summed E-state index contributed by atoms with van der Waals surface area (Å²) >= 11 is 0. The number of hydrogen-bond acceptors (Lipinski definition) is 2. The molecule has 106 valence electrons. The minimum absolute atomic E-state index is 0.782. The minimum atomic E-state index is 0.782. The highest BCUT2D eigenvalue weighted by molar-refractivity contribution is 4.84. The molecule has 0 spiro atoms. The van der Waals surface area contributed by atoms with E-state index in [4.69, 9.17) is 0 Å². The van der Waals surface area contributed by atoms with Crippen LogP contribution in [-0.4, -0.2) is 36.6 Å². The van der Waals surface area contributed by atoms with Crippen molar-refractivity contribution >= 4 is 0 Å². The second kappa shape index (κ2) is 6.91. The SMILES string of the molecule is CCN1CCCC(NC2CC(C)CC(C)C2)CC1. The third-order valence-electron chi connectivity index (χ3n) is 4.92. The van der Waals surface area contributed by atoms with E-state index in [9.17, 15) is 0 Å². The molecular weight excluding hydrogens is 220 g/mol. The second-order valence-corrected chi connectivity index (χ2v) is 6.84. The zero-order valence-electron chi connectivity index (χ0n) is 12.6. The molecule has 1 saturated carbocycles. The molecular formula is C16H32N2. The molecule has 1 saturated heterocycles. The van der Waals surface area contributed by atoms with Gasteiger partial charge in [-0.1, -0.05) is 20.8 Å². The molecule has 2 fully saturated rings. The maximum absolute atomic E-state index is 3.98. The van der Waals surface area contributed by atoms with Crippen LogP contribution in [0.25, 0.3) is 0 Å². The van der Waals surface area contributed by atoms with Crippen molar-refractivity contribution in [3.8, 4) is 0 Å². The van der Waals surface area contributed by atoms with Crippen LogP contribution in [0.15, 0.2) is 0 Å². The summed E-state index contributed by atoms with van der Waals surface area (Å²) < 4.78 is 0. The van der Waals surface area contributed by atoms with Crippen LogP contribution in [0.3, 0.4) is 0 Å². The van der Waals surface area contributed by atoms with Crippen molar-refractivity contribution in [3.05, 3.63) is 0 Å². The largest absolute Gasteiger partial charge is 0.311 e. The van der Waals surface area contributed by atoms with Gasteiger partial charge < -0.3 is 10.2 Å². The molecule has 0 aromatic rings. The van der Waals surface area contributed by atoms with Crippen LogP contribution in [0.1, 0.15) is 59.3 Å². The Morgan fingerprint density at radius 2 is 1.67 bits per heavy atom. The predicted molar refractivity (Wildman–Crippen MR) is 78.9 cm³/mol. The van der Waals surface area contributed by atoms with Crippen molar-refractivity contribution in [1.82, 2.24) is 10.2 Å². The first-order valence-corrected chi connectivity index (χ1v) is 8.15. The van der Waals surface area contributed by atoms with Gasteiger partial charge in [-0.25, -0.2) is 0 Å². The molecule has 0 bridgehead atoms. The zero-order valence-corrected chi connectivity index (χ0v) is 12.6. The van der Waals surface area contributed by atoms with Gasteiger partial charge >= 0.3 is 0 Å². The molecule has 18 heavy (non-hydrogen) atoms. The Labute approximate surface area is 114 Å². The Morgan fingerprint density at radius 3 is 2.33 bits per heavy atom. The predicted octanol–water partition coefficient (Wildman–Crippen LogP) is 3.28. The summed E-state index contributed by atoms with van der Waals surface area (Å²) in [6, 6.07) is 1.57. The fourth-order valence-electron chi connectivity index (χ4n) is 4.06. The quantitative estimate of drug-likeness (QED) is 0.829. The number of rotatable bonds is 3. The second-order valence-electron chi connectivity index (χ2n) is 6.84. The first-order chi connectivity index (χ1) is 8.67. The van der Waals surface area contributed by atoms with Crippen LogP contribution < -0.4 is 5.32 Å². The first kappa shape index (κ1) is 14.3. The standard InChI is InChI=1S/C16H32N2/c1-4-18-8-5-6-15(7-9-18)17-16-11-13(2)10-14(3)12-16/h13-17H,4-12H2,1-3H3. The van der Waals surface area contributed by atoms with Crippen molar-refractivity contribution in [2.75, 3.05) is 19.6 Å². The highest BCUT2D eigenvalue weighted by Crippen LogP contribution is 2.29. The number of nitrogens with zero attached hydrogens (tertiary/aromatic N) is 1. The van der Waals surface area contributed by atoms with E-state index in [-0.39, 0.29) is 0 Å². The molecule has 0 aromatic heterocycles. The monoisotopic (exact) mass is 252 g/mol. The summed E-state index contributed by atoms with van der Waals surface area (Å²) in [4.78, 5) is 2.60. The van der Waals surface area contributed by atoms with Crippen LogP contribution in [0.4, 0.5) is 0 Å². The maximum Gasteiger partial charge on any atom is 0.00823 e. The van der Waals surface area contributed by atoms with Crippen LogP contribution in [0, 0.1) is 11.8 Å². The molecule has 0 amide bonds. The summed E-state index contributed by atoms with van der Waals surface area (Å²) in [7, 11) is 0. The lowest BCUT2D eigenvalue weighted by molar-refractivity contribution is 0.219. The molecule has 3 unspecified atom stereocenters.